The van der Waals surface area contributed by atoms with Gasteiger partial charge in [-0.3, -0.25) is 4.18 Å². The zero-order valence-electron chi connectivity index (χ0n) is 16.9. The molecule has 0 saturated heterocycles. The molecule has 0 saturated carbocycles. The molecule has 150 valence electrons. The number of hydrogen-bond acceptors (Lipinski definition) is 6. The lowest BCUT2D eigenvalue weighted by Gasteiger charge is -2.37. The van der Waals surface area contributed by atoms with E-state index in [2.05, 4.69) is 33.9 Å². The Kier molecular flexibility index (Phi) is 8.13. The zero-order chi connectivity index (χ0) is 20.0. The number of benzene rings is 1. The number of ether oxygens (including phenoxy) is 2. The SMILES string of the molecule is COc1ccc(OCC[C@@H](CO[Si](C)(C)C(C)(C)C)OS(C)(=O)=O)cc1. The molecule has 6 nitrogen and oxygen atoms in total. The summed E-state index contributed by atoms with van der Waals surface area (Å²) in [5.41, 5.74) is 0. The minimum atomic E-state index is -3.57. The highest BCUT2D eigenvalue weighted by Crippen LogP contribution is 2.36. The van der Waals surface area contributed by atoms with Crippen LogP contribution in [0.1, 0.15) is 27.2 Å². The molecule has 0 spiro atoms. The molecule has 1 aromatic rings. The smallest absolute Gasteiger partial charge is 0.264 e. The van der Waals surface area contributed by atoms with Gasteiger partial charge in [0.2, 0.25) is 0 Å². The van der Waals surface area contributed by atoms with E-state index in [1.165, 1.54) is 0 Å². The van der Waals surface area contributed by atoms with Gasteiger partial charge in [-0.25, -0.2) is 0 Å². The second-order valence-electron chi connectivity index (χ2n) is 7.81. The summed E-state index contributed by atoms with van der Waals surface area (Å²) >= 11 is 0. The number of methoxy groups -OCH3 is 1. The summed E-state index contributed by atoms with van der Waals surface area (Å²) in [6, 6.07) is 7.22. The Labute approximate surface area is 159 Å². The van der Waals surface area contributed by atoms with Crippen molar-refractivity contribution in [2.75, 3.05) is 26.6 Å². The quantitative estimate of drug-likeness (QED) is 0.436. The van der Waals surface area contributed by atoms with Crippen molar-refractivity contribution < 1.29 is 26.5 Å². The monoisotopic (exact) mass is 404 g/mol. The fourth-order valence-electron chi connectivity index (χ4n) is 1.90. The standard InChI is InChI=1S/C18H32O6SSi/c1-18(2,3)26(6,7)23-14-17(24-25(5,19)20)12-13-22-16-10-8-15(21-4)9-11-16/h8-11,17H,12-14H2,1-7H3/t17-/m0/s1. The predicted octanol–water partition coefficient (Wildman–Crippen LogP) is 3.83. The van der Waals surface area contributed by atoms with Crippen LogP contribution in [0.2, 0.25) is 18.1 Å². The summed E-state index contributed by atoms with van der Waals surface area (Å²) in [5, 5.41) is 0.0439. The Morgan fingerprint density at radius 3 is 2.08 bits per heavy atom. The van der Waals surface area contributed by atoms with Crippen LogP contribution in [-0.4, -0.2) is 49.4 Å². The van der Waals surface area contributed by atoms with Gasteiger partial charge in [-0.05, 0) is 42.4 Å². The zero-order valence-corrected chi connectivity index (χ0v) is 18.7. The largest absolute Gasteiger partial charge is 0.497 e. The molecule has 0 amide bonds. The molecule has 0 aromatic heterocycles. The van der Waals surface area contributed by atoms with Crippen LogP contribution in [0, 0.1) is 0 Å². The Balaban J connectivity index is 2.62. The predicted molar refractivity (Wildman–Crippen MR) is 106 cm³/mol. The van der Waals surface area contributed by atoms with Crippen molar-refractivity contribution in [3.63, 3.8) is 0 Å². The molecule has 1 rings (SSSR count). The van der Waals surface area contributed by atoms with Gasteiger partial charge in [-0.1, -0.05) is 20.8 Å². The molecule has 1 atom stereocenters. The van der Waals surface area contributed by atoms with Crippen molar-refractivity contribution in [1.82, 2.24) is 0 Å². The first-order chi connectivity index (χ1) is 11.8. The molecule has 0 N–H and O–H groups in total. The van der Waals surface area contributed by atoms with E-state index in [0.717, 1.165) is 12.0 Å². The highest BCUT2D eigenvalue weighted by Gasteiger charge is 2.37. The van der Waals surface area contributed by atoms with Crippen LogP contribution < -0.4 is 9.47 Å². The molecule has 1 aromatic carbocycles. The van der Waals surface area contributed by atoms with E-state index in [4.69, 9.17) is 18.1 Å². The molecule has 0 aliphatic heterocycles. The molecule has 0 bridgehead atoms. The van der Waals surface area contributed by atoms with Gasteiger partial charge in [-0.2, -0.15) is 8.42 Å². The topological polar surface area (TPSA) is 71.1 Å². The summed E-state index contributed by atoms with van der Waals surface area (Å²) in [6.45, 7) is 11.2. The van der Waals surface area contributed by atoms with Crippen molar-refractivity contribution in [2.24, 2.45) is 0 Å². The highest BCUT2D eigenvalue weighted by molar-refractivity contribution is 7.86. The maximum atomic E-state index is 11.5. The third kappa shape index (κ3) is 8.07. The maximum Gasteiger partial charge on any atom is 0.264 e. The van der Waals surface area contributed by atoms with Gasteiger partial charge in [0.1, 0.15) is 17.6 Å². The fourth-order valence-corrected chi connectivity index (χ4v) is 3.59. The van der Waals surface area contributed by atoms with Crippen molar-refractivity contribution in [2.45, 2.75) is 51.4 Å². The van der Waals surface area contributed by atoms with Gasteiger partial charge < -0.3 is 13.9 Å². The van der Waals surface area contributed by atoms with Crippen LogP contribution in [0.3, 0.4) is 0 Å². The average molecular weight is 405 g/mol. The first-order valence-corrected chi connectivity index (χ1v) is 13.4. The van der Waals surface area contributed by atoms with Gasteiger partial charge in [0.25, 0.3) is 10.1 Å². The lowest BCUT2D eigenvalue weighted by atomic mass is 10.2. The molecule has 0 aliphatic rings. The third-order valence-electron chi connectivity index (χ3n) is 4.52. The van der Waals surface area contributed by atoms with Crippen molar-refractivity contribution in [3.05, 3.63) is 24.3 Å². The summed E-state index contributed by atoms with van der Waals surface area (Å²) in [7, 11) is -3.95. The summed E-state index contributed by atoms with van der Waals surface area (Å²) in [6.07, 6.45) is 0.891. The first-order valence-electron chi connectivity index (χ1n) is 8.63. The van der Waals surface area contributed by atoms with E-state index in [1.54, 1.807) is 31.4 Å². The van der Waals surface area contributed by atoms with Gasteiger partial charge >= 0.3 is 0 Å². The van der Waals surface area contributed by atoms with E-state index in [0.29, 0.717) is 18.8 Å². The van der Waals surface area contributed by atoms with E-state index < -0.39 is 24.5 Å². The molecule has 8 heteroatoms. The molecule has 0 fully saturated rings. The van der Waals surface area contributed by atoms with Crippen LogP contribution in [0.15, 0.2) is 24.3 Å². The van der Waals surface area contributed by atoms with Crippen molar-refractivity contribution >= 4 is 18.4 Å². The second-order valence-corrected chi connectivity index (χ2v) is 14.2. The normalized spacial score (nSPS) is 14.1. The van der Waals surface area contributed by atoms with Crippen LogP contribution in [0.5, 0.6) is 11.5 Å². The summed E-state index contributed by atoms with van der Waals surface area (Å²) in [5.74, 6) is 1.44. The molecule has 26 heavy (non-hydrogen) atoms. The lowest BCUT2D eigenvalue weighted by molar-refractivity contribution is 0.104. The molecule has 0 radical (unpaired) electrons. The fraction of sp³-hybridized carbons (Fsp3) is 0.667. The third-order valence-corrected chi connectivity index (χ3v) is 9.64. The minimum absolute atomic E-state index is 0.0439. The average Bonchev–Trinajstić information content (AvgIpc) is 2.51. The highest BCUT2D eigenvalue weighted by atomic mass is 32.2. The van der Waals surface area contributed by atoms with Gasteiger partial charge in [-0.15, -0.1) is 0 Å². The second kappa shape index (κ2) is 9.21. The Morgan fingerprint density at radius 2 is 1.62 bits per heavy atom. The van der Waals surface area contributed by atoms with Crippen LogP contribution in [0.4, 0.5) is 0 Å². The van der Waals surface area contributed by atoms with Crippen LogP contribution in [-0.2, 0) is 18.7 Å². The Bertz CT molecular complexity index is 649. The summed E-state index contributed by atoms with van der Waals surface area (Å²) in [4.78, 5) is 0. The number of rotatable bonds is 10. The van der Waals surface area contributed by atoms with Crippen molar-refractivity contribution in [3.8, 4) is 11.5 Å². The minimum Gasteiger partial charge on any atom is -0.497 e. The molecular formula is C18H32O6SSi. The van der Waals surface area contributed by atoms with Crippen LogP contribution >= 0.6 is 0 Å². The number of hydrogen-bond donors (Lipinski definition) is 0. The van der Waals surface area contributed by atoms with Gasteiger partial charge in [0.15, 0.2) is 8.32 Å². The molecule has 0 heterocycles. The van der Waals surface area contributed by atoms with Gasteiger partial charge in [0.05, 0.1) is 26.6 Å². The summed E-state index contributed by atoms with van der Waals surface area (Å²) < 4.78 is 45.2. The Hall–Kier alpha value is -1.09. The van der Waals surface area contributed by atoms with Crippen LogP contribution in [0.25, 0.3) is 0 Å². The van der Waals surface area contributed by atoms with E-state index in [9.17, 15) is 8.42 Å². The Morgan fingerprint density at radius 1 is 1.08 bits per heavy atom. The van der Waals surface area contributed by atoms with Gasteiger partial charge in [0, 0.05) is 6.42 Å². The molecule has 0 unspecified atom stereocenters. The maximum absolute atomic E-state index is 11.5. The molecule has 0 aliphatic carbocycles. The van der Waals surface area contributed by atoms with E-state index >= 15 is 0 Å². The van der Waals surface area contributed by atoms with E-state index in [1.807, 2.05) is 0 Å². The lowest BCUT2D eigenvalue weighted by Crippen LogP contribution is -2.43. The molecular weight excluding hydrogens is 372 g/mol. The van der Waals surface area contributed by atoms with E-state index in [-0.39, 0.29) is 11.6 Å². The first kappa shape index (κ1) is 22.9. The van der Waals surface area contributed by atoms with Crippen molar-refractivity contribution in [1.29, 1.82) is 0 Å².